The maximum atomic E-state index is 3.93. The minimum atomic E-state index is 0.775. The van der Waals surface area contributed by atoms with Crippen LogP contribution in [0.15, 0.2) is 24.8 Å². The van der Waals surface area contributed by atoms with E-state index in [1.807, 2.05) is 6.08 Å². The van der Waals surface area contributed by atoms with Gasteiger partial charge in [0.25, 0.3) is 0 Å². The number of hydrogen-bond acceptors (Lipinski definition) is 0. The number of allylic oxidation sites excluding steroid dienone is 2. The average molecular weight is 166 g/mol. The summed E-state index contributed by atoms with van der Waals surface area (Å²) in [5.74, 6) is 1.55. The first-order valence-electron chi connectivity index (χ1n) is 4.81. The topological polar surface area (TPSA) is 0 Å². The molecule has 0 N–H and O–H groups in total. The molecule has 0 bridgehead atoms. The second-order valence-corrected chi connectivity index (χ2v) is 4.13. The summed E-state index contributed by atoms with van der Waals surface area (Å²) in [5, 5.41) is 0. The Kier molecular flexibility index (Phi) is 5.79. The summed E-state index contributed by atoms with van der Waals surface area (Å²) >= 11 is 0. The normalized spacial score (nSPS) is 15.2. The van der Waals surface area contributed by atoms with Crippen molar-refractivity contribution in [3.8, 4) is 0 Å². The molecule has 2 unspecified atom stereocenters. The van der Waals surface area contributed by atoms with Gasteiger partial charge < -0.3 is 0 Å². The van der Waals surface area contributed by atoms with E-state index in [1.165, 1.54) is 18.4 Å². The molecule has 70 valence electrons. The molecular weight excluding hydrogens is 144 g/mol. The molecule has 0 heterocycles. The van der Waals surface area contributed by atoms with Crippen molar-refractivity contribution in [1.82, 2.24) is 0 Å². The van der Waals surface area contributed by atoms with E-state index in [1.54, 1.807) is 0 Å². The van der Waals surface area contributed by atoms with Gasteiger partial charge in [0.15, 0.2) is 0 Å². The fourth-order valence-corrected chi connectivity index (χ4v) is 1.75. The van der Waals surface area contributed by atoms with Crippen LogP contribution in [0.25, 0.3) is 0 Å². The Bertz CT molecular complexity index is 144. The highest BCUT2D eigenvalue weighted by Crippen LogP contribution is 2.20. The SMILES string of the molecule is C=CCC(C)CC(C)CC(=C)C. The Morgan fingerprint density at radius 1 is 1.33 bits per heavy atom. The largest absolute Gasteiger partial charge is 0.103 e. The van der Waals surface area contributed by atoms with Crippen LogP contribution in [-0.2, 0) is 0 Å². The van der Waals surface area contributed by atoms with Gasteiger partial charge in [-0.05, 0) is 38.0 Å². The van der Waals surface area contributed by atoms with Crippen LogP contribution in [0.2, 0.25) is 0 Å². The van der Waals surface area contributed by atoms with E-state index >= 15 is 0 Å². The molecule has 0 fully saturated rings. The van der Waals surface area contributed by atoms with E-state index < -0.39 is 0 Å². The van der Waals surface area contributed by atoms with Crippen molar-refractivity contribution in [2.45, 2.75) is 40.0 Å². The molecule has 0 radical (unpaired) electrons. The summed E-state index contributed by atoms with van der Waals surface area (Å²) in [6, 6.07) is 0. The van der Waals surface area contributed by atoms with E-state index in [0.717, 1.165) is 18.3 Å². The first-order valence-corrected chi connectivity index (χ1v) is 4.81. The first kappa shape index (κ1) is 11.5. The van der Waals surface area contributed by atoms with Crippen molar-refractivity contribution < 1.29 is 0 Å². The zero-order valence-corrected chi connectivity index (χ0v) is 8.77. The molecular formula is C12H22. The fraction of sp³-hybridized carbons (Fsp3) is 0.667. The molecule has 0 aromatic heterocycles. The van der Waals surface area contributed by atoms with Gasteiger partial charge in [-0.2, -0.15) is 0 Å². The standard InChI is InChI=1S/C12H22/c1-6-7-11(4)9-12(5)8-10(2)3/h6,11-12H,1-2,7-9H2,3-5H3. The van der Waals surface area contributed by atoms with Gasteiger partial charge in [-0.25, -0.2) is 0 Å². The molecule has 0 saturated carbocycles. The Labute approximate surface area is 77.4 Å². The van der Waals surface area contributed by atoms with Crippen molar-refractivity contribution in [2.75, 3.05) is 0 Å². The molecule has 0 aliphatic carbocycles. The summed E-state index contributed by atoms with van der Waals surface area (Å²) < 4.78 is 0. The molecule has 0 amide bonds. The highest BCUT2D eigenvalue weighted by atomic mass is 14.1. The van der Waals surface area contributed by atoms with E-state index in [-0.39, 0.29) is 0 Å². The van der Waals surface area contributed by atoms with Gasteiger partial charge >= 0.3 is 0 Å². The van der Waals surface area contributed by atoms with Crippen LogP contribution < -0.4 is 0 Å². The van der Waals surface area contributed by atoms with Gasteiger partial charge in [0.1, 0.15) is 0 Å². The van der Waals surface area contributed by atoms with Gasteiger partial charge in [0, 0.05) is 0 Å². The molecule has 0 saturated heterocycles. The molecule has 2 atom stereocenters. The van der Waals surface area contributed by atoms with Crippen LogP contribution in [0.1, 0.15) is 40.0 Å². The molecule has 0 aliphatic heterocycles. The summed E-state index contributed by atoms with van der Waals surface area (Å²) in [4.78, 5) is 0. The summed E-state index contributed by atoms with van der Waals surface area (Å²) in [6.45, 7) is 14.4. The van der Waals surface area contributed by atoms with Crippen LogP contribution in [0.5, 0.6) is 0 Å². The maximum absolute atomic E-state index is 3.93. The molecule has 12 heavy (non-hydrogen) atoms. The predicted molar refractivity (Wildman–Crippen MR) is 57.2 cm³/mol. The lowest BCUT2D eigenvalue weighted by Gasteiger charge is -2.15. The lowest BCUT2D eigenvalue weighted by molar-refractivity contribution is 0.415. The Morgan fingerprint density at radius 3 is 2.33 bits per heavy atom. The molecule has 0 spiro atoms. The minimum Gasteiger partial charge on any atom is -0.103 e. The number of hydrogen-bond donors (Lipinski definition) is 0. The van der Waals surface area contributed by atoms with Crippen LogP contribution in [-0.4, -0.2) is 0 Å². The Hall–Kier alpha value is -0.520. The van der Waals surface area contributed by atoms with E-state index in [4.69, 9.17) is 0 Å². The van der Waals surface area contributed by atoms with Crippen molar-refractivity contribution in [2.24, 2.45) is 11.8 Å². The van der Waals surface area contributed by atoms with Gasteiger partial charge in [-0.3, -0.25) is 0 Å². The summed E-state index contributed by atoms with van der Waals surface area (Å²) in [6.07, 6.45) is 5.61. The van der Waals surface area contributed by atoms with Crippen LogP contribution in [0.4, 0.5) is 0 Å². The van der Waals surface area contributed by atoms with Gasteiger partial charge in [-0.15, -0.1) is 13.2 Å². The molecule has 0 aromatic carbocycles. The van der Waals surface area contributed by atoms with Crippen LogP contribution in [0, 0.1) is 11.8 Å². The molecule has 0 heteroatoms. The van der Waals surface area contributed by atoms with Crippen molar-refractivity contribution in [3.05, 3.63) is 24.8 Å². The smallest absolute Gasteiger partial charge is 0.0300 e. The van der Waals surface area contributed by atoms with Gasteiger partial charge in [0.2, 0.25) is 0 Å². The highest BCUT2D eigenvalue weighted by molar-refractivity contribution is 4.89. The number of rotatable bonds is 6. The zero-order valence-electron chi connectivity index (χ0n) is 8.77. The fourth-order valence-electron chi connectivity index (χ4n) is 1.75. The van der Waals surface area contributed by atoms with Crippen molar-refractivity contribution in [1.29, 1.82) is 0 Å². The lowest BCUT2D eigenvalue weighted by Crippen LogP contribution is -2.02. The molecule has 0 aliphatic rings. The minimum absolute atomic E-state index is 0.775. The second-order valence-electron chi connectivity index (χ2n) is 4.13. The van der Waals surface area contributed by atoms with Crippen LogP contribution >= 0.6 is 0 Å². The Balaban J connectivity index is 3.59. The average Bonchev–Trinajstić information content (AvgIpc) is 1.84. The lowest BCUT2D eigenvalue weighted by atomic mass is 9.91. The van der Waals surface area contributed by atoms with Crippen molar-refractivity contribution in [3.63, 3.8) is 0 Å². The third-order valence-electron chi connectivity index (χ3n) is 2.07. The molecule has 0 nitrogen and oxygen atoms in total. The summed E-state index contributed by atoms with van der Waals surface area (Å²) in [7, 11) is 0. The quantitative estimate of drug-likeness (QED) is 0.519. The third kappa shape index (κ3) is 6.21. The van der Waals surface area contributed by atoms with Gasteiger partial charge in [0.05, 0.1) is 0 Å². The van der Waals surface area contributed by atoms with Gasteiger partial charge in [-0.1, -0.05) is 25.5 Å². The molecule has 0 rings (SSSR count). The highest BCUT2D eigenvalue weighted by Gasteiger charge is 2.07. The van der Waals surface area contributed by atoms with E-state index in [2.05, 4.69) is 33.9 Å². The maximum Gasteiger partial charge on any atom is -0.0300 e. The zero-order chi connectivity index (χ0) is 9.56. The summed E-state index contributed by atoms with van der Waals surface area (Å²) in [5.41, 5.74) is 1.30. The van der Waals surface area contributed by atoms with Crippen molar-refractivity contribution >= 4 is 0 Å². The predicted octanol–water partition coefficient (Wildman–Crippen LogP) is 4.19. The second kappa shape index (κ2) is 6.05. The molecule has 0 aromatic rings. The van der Waals surface area contributed by atoms with E-state index in [0.29, 0.717) is 0 Å². The third-order valence-corrected chi connectivity index (χ3v) is 2.07. The first-order chi connectivity index (χ1) is 5.56. The van der Waals surface area contributed by atoms with Crippen LogP contribution in [0.3, 0.4) is 0 Å². The monoisotopic (exact) mass is 166 g/mol. The van der Waals surface area contributed by atoms with E-state index in [9.17, 15) is 0 Å². The Morgan fingerprint density at radius 2 is 1.92 bits per heavy atom.